The van der Waals surface area contributed by atoms with E-state index in [1.807, 2.05) is 38.4 Å². The third kappa shape index (κ3) is 4.59. The van der Waals surface area contributed by atoms with Gasteiger partial charge >= 0.3 is 0 Å². The van der Waals surface area contributed by atoms with Crippen LogP contribution in [0.5, 0.6) is 0 Å². The summed E-state index contributed by atoms with van der Waals surface area (Å²) in [4.78, 5) is 18.7. The highest BCUT2D eigenvalue weighted by molar-refractivity contribution is 6.01. The van der Waals surface area contributed by atoms with Crippen LogP contribution in [0.1, 0.15) is 17.5 Å². The molecule has 0 unspecified atom stereocenters. The van der Waals surface area contributed by atoms with E-state index in [0.717, 1.165) is 42.3 Å². The molecule has 130 valence electrons. The van der Waals surface area contributed by atoms with Crippen molar-refractivity contribution in [1.29, 1.82) is 0 Å². The molecule has 0 fully saturated rings. The van der Waals surface area contributed by atoms with Crippen LogP contribution in [0.3, 0.4) is 0 Å². The van der Waals surface area contributed by atoms with Gasteiger partial charge in [-0.25, -0.2) is 0 Å². The summed E-state index contributed by atoms with van der Waals surface area (Å²) in [6.45, 7) is 1.68. The maximum absolute atomic E-state index is 12.2. The quantitative estimate of drug-likeness (QED) is 0.853. The second-order valence-electron chi connectivity index (χ2n) is 6.35. The normalized spacial score (nSPS) is 13.1. The molecule has 0 aliphatic carbocycles. The Morgan fingerprint density at radius 1 is 1.20 bits per heavy atom. The van der Waals surface area contributed by atoms with Crippen LogP contribution < -0.4 is 15.5 Å². The van der Waals surface area contributed by atoms with Crippen molar-refractivity contribution >= 4 is 23.1 Å². The van der Waals surface area contributed by atoms with Crippen LogP contribution in [0, 0.1) is 0 Å². The van der Waals surface area contributed by atoms with Crippen molar-refractivity contribution in [2.75, 3.05) is 37.4 Å². The Morgan fingerprint density at radius 3 is 2.68 bits per heavy atom. The summed E-state index contributed by atoms with van der Waals surface area (Å²) in [5.41, 5.74) is 4.14. The average molecular weight is 336 g/mol. The Hall–Kier alpha value is -2.82. The van der Waals surface area contributed by atoms with Gasteiger partial charge in [0.2, 0.25) is 5.91 Å². The number of carbonyl (C=O) groups excluding carboxylic acids is 1. The molecule has 0 saturated carbocycles. The molecule has 1 aliphatic rings. The number of anilines is 2. The van der Waals surface area contributed by atoms with Gasteiger partial charge in [0.15, 0.2) is 0 Å². The number of nitrogens with one attached hydrogen (secondary N) is 2. The zero-order chi connectivity index (χ0) is 17.6. The lowest BCUT2D eigenvalue weighted by Gasteiger charge is -2.12. The molecule has 5 heteroatoms. The van der Waals surface area contributed by atoms with Crippen molar-refractivity contribution in [2.45, 2.75) is 12.8 Å². The van der Waals surface area contributed by atoms with E-state index in [4.69, 9.17) is 0 Å². The van der Waals surface area contributed by atoms with E-state index in [9.17, 15) is 4.79 Å². The fraction of sp³-hybridized carbons (Fsp3) is 0.300. The van der Waals surface area contributed by atoms with Crippen molar-refractivity contribution in [1.82, 2.24) is 5.32 Å². The fourth-order valence-corrected chi connectivity index (χ4v) is 2.78. The molecule has 1 heterocycles. The first-order valence-corrected chi connectivity index (χ1v) is 8.57. The summed E-state index contributed by atoms with van der Waals surface area (Å²) in [7, 11) is 4.03. The Labute approximate surface area is 148 Å². The standard InChI is InChI=1S/C20H24N4O/c1-24(2)18-9-6-15(7-10-18)8-11-19(25)23-17-5-3-4-16(14-17)20-21-12-13-22-20/h3-7,9-10,14H,8,11-13H2,1-2H3,(H,21,22)(H,23,25). The minimum atomic E-state index is 0.0233. The molecule has 0 bridgehead atoms. The molecular weight excluding hydrogens is 312 g/mol. The predicted molar refractivity (Wildman–Crippen MR) is 104 cm³/mol. The summed E-state index contributed by atoms with van der Waals surface area (Å²) in [6.07, 6.45) is 1.19. The van der Waals surface area contributed by atoms with E-state index < -0.39 is 0 Å². The highest BCUT2D eigenvalue weighted by atomic mass is 16.1. The summed E-state index contributed by atoms with van der Waals surface area (Å²) in [6, 6.07) is 16.1. The Bertz CT molecular complexity index is 766. The Balaban J connectivity index is 1.55. The summed E-state index contributed by atoms with van der Waals surface area (Å²) in [5.74, 6) is 0.923. The number of hydrogen-bond donors (Lipinski definition) is 2. The number of nitrogens with zero attached hydrogens (tertiary/aromatic N) is 2. The molecule has 0 radical (unpaired) electrons. The van der Waals surface area contributed by atoms with Gasteiger partial charge in [0.05, 0.1) is 6.54 Å². The van der Waals surface area contributed by atoms with Crippen LogP contribution in [0.15, 0.2) is 53.5 Å². The minimum Gasteiger partial charge on any atom is -0.378 e. The highest BCUT2D eigenvalue weighted by Gasteiger charge is 2.09. The topological polar surface area (TPSA) is 56.7 Å². The van der Waals surface area contributed by atoms with Crippen LogP contribution >= 0.6 is 0 Å². The van der Waals surface area contributed by atoms with Crippen molar-refractivity contribution in [3.05, 3.63) is 59.7 Å². The molecule has 0 aromatic heterocycles. The maximum Gasteiger partial charge on any atom is 0.224 e. The highest BCUT2D eigenvalue weighted by Crippen LogP contribution is 2.15. The molecule has 0 saturated heterocycles. The van der Waals surface area contributed by atoms with Gasteiger partial charge < -0.3 is 15.5 Å². The van der Waals surface area contributed by atoms with Crippen LogP contribution in [0.2, 0.25) is 0 Å². The molecule has 1 aliphatic heterocycles. The van der Waals surface area contributed by atoms with E-state index in [2.05, 4.69) is 44.8 Å². The SMILES string of the molecule is CN(C)c1ccc(CCC(=O)Nc2cccc(C3=NCCN3)c2)cc1. The Kier molecular flexibility index (Phi) is 5.33. The van der Waals surface area contributed by atoms with Crippen LogP contribution in [-0.2, 0) is 11.2 Å². The number of benzene rings is 2. The first-order chi connectivity index (χ1) is 12.1. The average Bonchev–Trinajstić information content (AvgIpc) is 3.15. The van der Waals surface area contributed by atoms with Crippen LogP contribution in [0.4, 0.5) is 11.4 Å². The van der Waals surface area contributed by atoms with E-state index in [1.165, 1.54) is 5.56 Å². The van der Waals surface area contributed by atoms with Gasteiger partial charge in [-0.15, -0.1) is 0 Å². The van der Waals surface area contributed by atoms with Gasteiger partial charge in [0.25, 0.3) is 0 Å². The van der Waals surface area contributed by atoms with Crippen LogP contribution in [-0.4, -0.2) is 38.9 Å². The van der Waals surface area contributed by atoms with Gasteiger partial charge in [-0.2, -0.15) is 0 Å². The third-order valence-electron chi connectivity index (χ3n) is 4.19. The lowest BCUT2D eigenvalue weighted by Crippen LogP contribution is -2.20. The maximum atomic E-state index is 12.2. The number of aliphatic imine (C=N–C) groups is 1. The van der Waals surface area contributed by atoms with Gasteiger partial charge in [0, 0.05) is 44.0 Å². The second kappa shape index (κ2) is 7.83. The second-order valence-corrected chi connectivity index (χ2v) is 6.35. The molecule has 5 nitrogen and oxygen atoms in total. The number of rotatable bonds is 6. The smallest absolute Gasteiger partial charge is 0.224 e. The lowest BCUT2D eigenvalue weighted by atomic mass is 10.1. The lowest BCUT2D eigenvalue weighted by molar-refractivity contribution is -0.116. The molecule has 0 spiro atoms. The van der Waals surface area contributed by atoms with Crippen molar-refractivity contribution in [3.8, 4) is 0 Å². The number of aryl methyl sites for hydroxylation is 1. The van der Waals surface area contributed by atoms with E-state index in [0.29, 0.717) is 6.42 Å². The monoisotopic (exact) mass is 336 g/mol. The molecular formula is C20H24N4O. The van der Waals surface area contributed by atoms with Gasteiger partial charge in [-0.3, -0.25) is 9.79 Å². The summed E-state index contributed by atoms with van der Waals surface area (Å²) in [5, 5.41) is 6.22. The third-order valence-corrected chi connectivity index (χ3v) is 4.19. The Morgan fingerprint density at radius 2 is 2.00 bits per heavy atom. The first kappa shape index (κ1) is 17.0. The van der Waals surface area contributed by atoms with Gasteiger partial charge in [-0.05, 0) is 36.2 Å². The first-order valence-electron chi connectivity index (χ1n) is 8.57. The zero-order valence-corrected chi connectivity index (χ0v) is 14.7. The number of amidine groups is 1. The van der Waals surface area contributed by atoms with Crippen molar-refractivity contribution in [3.63, 3.8) is 0 Å². The molecule has 1 amide bonds. The summed E-state index contributed by atoms with van der Waals surface area (Å²) >= 11 is 0. The number of carbonyl (C=O) groups is 1. The van der Waals surface area contributed by atoms with Crippen molar-refractivity contribution < 1.29 is 4.79 Å². The van der Waals surface area contributed by atoms with Crippen molar-refractivity contribution in [2.24, 2.45) is 4.99 Å². The predicted octanol–water partition coefficient (Wildman–Crippen LogP) is 2.67. The fourth-order valence-electron chi connectivity index (χ4n) is 2.78. The van der Waals surface area contributed by atoms with E-state index >= 15 is 0 Å². The molecule has 25 heavy (non-hydrogen) atoms. The van der Waals surface area contributed by atoms with Gasteiger partial charge in [-0.1, -0.05) is 24.3 Å². The summed E-state index contributed by atoms with van der Waals surface area (Å²) < 4.78 is 0. The largest absolute Gasteiger partial charge is 0.378 e. The van der Waals surface area contributed by atoms with Crippen LogP contribution in [0.25, 0.3) is 0 Å². The minimum absolute atomic E-state index is 0.0233. The molecule has 2 aromatic carbocycles. The number of amides is 1. The van der Waals surface area contributed by atoms with E-state index in [-0.39, 0.29) is 5.91 Å². The zero-order valence-electron chi connectivity index (χ0n) is 14.7. The van der Waals surface area contributed by atoms with E-state index in [1.54, 1.807) is 0 Å². The number of hydrogen-bond acceptors (Lipinski definition) is 4. The molecule has 2 N–H and O–H groups in total. The molecule has 3 rings (SSSR count). The molecule has 0 atom stereocenters. The molecule has 2 aromatic rings. The van der Waals surface area contributed by atoms with Gasteiger partial charge in [0.1, 0.15) is 5.84 Å².